The molecule has 0 unspecified atom stereocenters. The fourth-order valence-corrected chi connectivity index (χ4v) is 2.45. The molecule has 0 spiro atoms. The number of rotatable bonds is 11. The third-order valence-electron chi connectivity index (χ3n) is 3.67. The summed E-state index contributed by atoms with van der Waals surface area (Å²) < 4.78 is 0. The fourth-order valence-electron chi connectivity index (χ4n) is 2.45. The van der Waals surface area contributed by atoms with Crippen molar-refractivity contribution in [3.05, 3.63) is 28.8 Å². The molecule has 0 amide bonds. The van der Waals surface area contributed by atoms with Gasteiger partial charge in [-0.3, -0.25) is 0 Å². The van der Waals surface area contributed by atoms with Crippen molar-refractivity contribution in [3.8, 4) is 0 Å². The topological polar surface area (TPSA) is 124 Å². The molecule has 1 rings (SSSR count). The van der Waals surface area contributed by atoms with Gasteiger partial charge in [-0.1, -0.05) is 39.0 Å². The van der Waals surface area contributed by atoms with Crippen molar-refractivity contribution in [2.75, 3.05) is 11.9 Å². The predicted octanol–water partition coefficient (Wildman–Crippen LogP) is 1.61. The number of carbonyl (C=O) groups is 3. The van der Waals surface area contributed by atoms with Crippen LogP contribution in [-0.2, 0) is 0 Å². The van der Waals surface area contributed by atoms with Gasteiger partial charge in [-0.05, 0) is 18.6 Å². The van der Waals surface area contributed by atoms with Crippen molar-refractivity contribution in [1.82, 2.24) is 0 Å². The number of unbranched alkanes of at least 4 members (excludes halogenated alkanes) is 5. The predicted molar refractivity (Wildman–Crippen MR) is 111 cm³/mol. The maximum atomic E-state index is 11.2. The van der Waals surface area contributed by atoms with Crippen molar-refractivity contribution < 1.29 is 29.7 Å². The van der Waals surface area contributed by atoms with E-state index in [2.05, 4.69) is 12.2 Å². The van der Waals surface area contributed by atoms with Crippen LogP contribution >= 0.6 is 0 Å². The molecule has 0 fully saturated rings. The van der Waals surface area contributed by atoms with Gasteiger partial charge in [0.2, 0.25) is 0 Å². The van der Waals surface area contributed by atoms with Gasteiger partial charge < -0.3 is 20.6 Å². The summed E-state index contributed by atoms with van der Waals surface area (Å²) >= 11 is 0. The number of carboxylic acid groups (broad SMARTS) is 3. The Morgan fingerprint density at radius 3 is 1.63 bits per heavy atom. The van der Waals surface area contributed by atoms with Crippen LogP contribution in [0.3, 0.4) is 0 Å². The molecule has 0 aliphatic carbocycles. The average Bonchev–Trinajstić information content (AvgIpc) is 2.52. The molecule has 1 aromatic carbocycles. The van der Waals surface area contributed by atoms with Crippen molar-refractivity contribution in [2.24, 2.45) is 0 Å². The number of hydrogen-bond donors (Lipinski definition) is 4. The monoisotopic (exact) mass is 409 g/mol. The first-order valence-corrected chi connectivity index (χ1v) is 8.00. The Hall–Kier alpha value is 0.430. The van der Waals surface area contributed by atoms with Gasteiger partial charge in [0.15, 0.2) is 0 Å². The third-order valence-corrected chi connectivity index (χ3v) is 3.67. The van der Waals surface area contributed by atoms with Crippen LogP contribution in [0, 0.1) is 0 Å². The first-order chi connectivity index (χ1) is 11.4. The second kappa shape index (κ2) is 17.3. The molecule has 0 heterocycles. The van der Waals surface area contributed by atoms with E-state index in [-0.39, 0.29) is 88.7 Å². The van der Waals surface area contributed by atoms with Crippen LogP contribution < -0.4 is 5.32 Å². The zero-order valence-corrected chi connectivity index (χ0v) is 13.7. The van der Waals surface area contributed by atoms with Gasteiger partial charge in [0.25, 0.3) is 0 Å². The van der Waals surface area contributed by atoms with Gasteiger partial charge in [-0.15, -0.1) is 0 Å². The van der Waals surface area contributed by atoms with E-state index in [0.29, 0.717) is 12.2 Å². The number of anilines is 1. The maximum absolute atomic E-state index is 11.2. The number of hydrogen-bond acceptors (Lipinski definition) is 4. The van der Waals surface area contributed by atoms with Crippen molar-refractivity contribution >= 4 is 112 Å². The molecule has 0 bridgehead atoms. The molecular weight excluding hydrogens is 383 g/mol. The fraction of sp³-hybridized carbons (Fsp3) is 0.471. The molecule has 0 atom stereocenters. The van der Waals surface area contributed by atoms with Crippen LogP contribution in [0.2, 0.25) is 0 Å². The molecule has 138 valence electrons. The molecule has 7 nitrogen and oxygen atoms in total. The molecule has 4 N–H and O–H groups in total. The molecule has 1 aromatic rings. The SMILES string of the molecule is CCCCCCCCNc1cc(C(=O)O)c(C(=O)O)c(C(=O)O)c1.[NaH].[NaH].[NaH]. The molecule has 0 aliphatic heterocycles. The van der Waals surface area contributed by atoms with E-state index in [9.17, 15) is 14.4 Å². The Labute approximate surface area is 225 Å². The van der Waals surface area contributed by atoms with E-state index in [1.165, 1.54) is 19.3 Å². The van der Waals surface area contributed by atoms with Gasteiger partial charge in [-0.25, -0.2) is 14.4 Å². The summed E-state index contributed by atoms with van der Waals surface area (Å²) in [6, 6.07) is 2.32. The van der Waals surface area contributed by atoms with E-state index in [1.54, 1.807) is 0 Å². The Balaban J connectivity index is -0.00000192. The van der Waals surface area contributed by atoms with Crippen molar-refractivity contribution in [1.29, 1.82) is 0 Å². The van der Waals surface area contributed by atoms with E-state index in [4.69, 9.17) is 15.3 Å². The number of nitrogens with one attached hydrogen (secondary N) is 1. The van der Waals surface area contributed by atoms with Crippen LogP contribution in [-0.4, -0.2) is 128 Å². The van der Waals surface area contributed by atoms with Gasteiger partial charge in [-0.2, -0.15) is 0 Å². The Bertz CT molecular complexity index is 590. The summed E-state index contributed by atoms with van der Waals surface area (Å²) in [6.45, 7) is 2.71. The van der Waals surface area contributed by atoms with Crippen molar-refractivity contribution in [3.63, 3.8) is 0 Å². The summed E-state index contributed by atoms with van der Waals surface area (Å²) in [5, 5.41) is 30.4. The second-order valence-electron chi connectivity index (χ2n) is 5.56. The van der Waals surface area contributed by atoms with Gasteiger partial charge in [0, 0.05) is 12.2 Å². The first kappa shape index (κ1) is 32.1. The van der Waals surface area contributed by atoms with E-state index < -0.39 is 34.6 Å². The second-order valence-corrected chi connectivity index (χ2v) is 5.56. The van der Waals surface area contributed by atoms with Crippen LogP contribution in [0.25, 0.3) is 0 Å². The summed E-state index contributed by atoms with van der Waals surface area (Å²) in [4.78, 5) is 33.7. The van der Waals surface area contributed by atoms with Crippen LogP contribution in [0.15, 0.2) is 12.1 Å². The minimum atomic E-state index is -1.58. The van der Waals surface area contributed by atoms with Crippen LogP contribution in [0.5, 0.6) is 0 Å². The van der Waals surface area contributed by atoms with E-state index in [1.807, 2.05) is 0 Å². The first-order valence-electron chi connectivity index (χ1n) is 8.00. The Morgan fingerprint density at radius 1 is 0.778 bits per heavy atom. The average molecular weight is 409 g/mol. The molecule has 0 aliphatic rings. The molecule has 10 heteroatoms. The van der Waals surface area contributed by atoms with E-state index >= 15 is 0 Å². The van der Waals surface area contributed by atoms with Gasteiger partial charge in [0.05, 0.1) is 16.7 Å². The zero-order chi connectivity index (χ0) is 18.1. The van der Waals surface area contributed by atoms with Gasteiger partial charge >= 0.3 is 107 Å². The molecule has 0 saturated carbocycles. The molecule has 0 aromatic heterocycles. The number of benzene rings is 1. The zero-order valence-electron chi connectivity index (χ0n) is 13.7. The summed E-state index contributed by atoms with van der Waals surface area (Å²) in [7, 11) is 0. The molecule has 0 radical (unpaired) electrons. The van der Waals surface area contributed by atoms with Crippen molar-refractivity contribution in [2.45, 2.75) is 45.4 Å². The Kier molecular flexibility index (Phi) is 20.6. The Morgan fingerprint density at radius 2 is 1.22 bits per heavy atom. The molecular formula is C17H26NNa3O6. The van der Waals surface area contributed by atoms with E-state index in [0.717, 1.165) is 31.4 Å². The van der Waals surface area contributed by atoms with Crippen LogP contribution in [0.4, 0.5) is 5.69 Å². The summed E-state index contributed by atoms with van der Waals surface area (Å²) in [6.07, 6.45) is 6.56. The van der Waals surface area contributed by atoms with Crippen LogP contribution in [0.1, 0.15) is 76.5 Å². The normalized spacial score (nSPS) is 9.22. The summed E-state index contributed by atoms with van der Waals surface area (Å²) in [5.41, 5.74) is -1.48. The number of aromatic carboxylic acids is 3. The van der Waals surface area contributed by atoms with Gasteiger partial charge in [0.1, 0.15) is 0 Å². The quantitative estimate of drug-likeness (QED) is 0.323. The third kappa shape index (κ3) is 11.3. The minimum absolute atomic E-state index is 0. The molecule has 0 saturated heterocycles. The summed E-state index contributed by atoms with van der Waals surface area (Å²) in [5.74, 6) is -4.52. The number of carboxylic acids is 3. The molecule has 27 heavy (non-hydrogen) atoms. The standard InChI is InChI=1S/C17H23NO6.3Na.3H/c1-2-3-4-5-6-7-8-18-11-9-12(15(19)20)14(17(23)24)13(10-11)16(21)22;;;;;;/h9-10,18H,2-8H2,1H3,(H,19,20)(H,21,22)(H,23,24);;;;;;.